The van der Waals surface area contributed by atoms with Gasteiger partial charge >= 0.3 is 0 Å². The molecule has 2 aliphatic rings. The van der Waals surface area contributed by atoms with E-state index in [4.69, 9.17) is 0 Å². The molecule has 4 heteroatoms. The maximum absolute atomic E-state index is 4.11. The van der Waals surface area contributed by atoms with Crippen LogP contribution in [0.3, 0.4) is 0 Å². The number of rotatable bonds is 0. The Morgan fingerprint density at radius 3 is 1.50 bits per heavy atom. The van der Waals surface area contributed by atoms with Crippen LogP contribution in [0.4, 0.5) is 0 Å². The molecule has 2 rings (SSSR count). The Balaban J connectivity index is 2.24. The number of fused-ring (bicyclic) bond motifs is 1. The van der Waals surface area contributed by atoms with E-state index < -0.39 is 0 Å². The van der Waals surface area contributed by atoms with Crippen LogP contribution >= 0.6 is 0 Å². The smallest absolute Gasteiger partial charge is 0.0697 e. The van der Waals surface area contributed by atoms with Gasteiger partial charge in [0, 0.05) is 12.4 Å². The molecule has 0 atom stereocenters. The molecule has 0 spiro atoms. The maximum atomic E-state index is 4.11. The largest absolute Gasteiger partial charge is 0.159 e. The highest BCUT2D eigenvalue weighted by Crippen LogP contribution is 2.05. The second kappa shape index (κ2) is 4.23. The van der Waals surface area contributed by atoms with Crippen molar-refractivity contribution in [3.63, 3.8) is 0 Å². The van der Waals surface area contributed by atoms with E-state index in [1.165, 1.54) is 0 Å². The van der Waals surface area contributed by atoms with Gasteiger partial charge in [0.2, 0.25) is 0 Å². The molecule has 0 aromatic carbocycles. The summed E-state index contributed by atoms with van der Waals surface area (Å²) in [6, 6.07) is 0. The fourth-order valence-electron chi connectivity index (χ4n) is 1.03. The summed E-state index contributed by atoms with van der Waals surface area (Å²) in [5, 5.41) is 11.5. The Kier molecular flexibility index (Phi) is 2.56. The second-order valence-corrected chi connectivity index (χ2v) is 2.62. The van der Waals surface area contributed by atoms with E-state index in [1.54, 1.807) is 22.7 Å². The minimum atomic E-state index is 1.64. The summed E-state index contributed by atoms with van der Waals surface area (Å²) < 4.78 is 0. The highest BCUT2D eigenvalue weighted by atomic mass is 15.9. The molecule has 0 aliphatic carbocycles. The van der Waals surface area contributed by atoms with Crippen molar-refractivity contribution in [1.29, 1.82) is 0 Å². The summed E-state index contributed by atoms with van der Waals surface area (Å²) in [5.41, 5.74) is 0. The maximum Gasteiger partial charge on any atom is 0.0697 e. The predicted octanol–water partition coefficient (Wildman–Crippen LogP) is 1.64. The van der Waals surface area contributed by atoms with Gasteiger partial charge in [0.15, 0.2) is 0 Å². The van der Waals surface area contributed by atoms with Gasteiger partial charge in [-0.15, -0.1) is 0 Å². The second-order valence-electron chi connectivity index (χ2n) is 2.62. The van der Waals surface area contributed by atoms with Crippen LogP contribution in [0.2, 0.25) is 0 Å². The number of hydrazone groups is 2. The zero-order valence-electron chi connectivity index (χ0n) is 7.56. The Labute approximate surface area is 82.5 Å². The Hall–Kier alpha value is -2.10. The predicted molar refractivity (Wildman–Crippen MR) is 57.2 cm³/mol. The molecule has 0 radical (unpaired) electrons. The summed E-state index contributed by atoms with van der Waals surface area (Å²) in [4.78, 5) is 0. The van der Waals surface area contributed by atoms with Crippen molar-refractivity contribution in [1.82, 2.24) is 10.2 Å². The van der Waals surface area contributed by atoms with E-state index in [9.17, 15) is 0 Å². The Morgan fingerprint density at radius 2 is 1.00 bits per heavy atom. The van der Waals surface area contributed by atoms with Crippen LogP contribution in [0.5, 0.6) is 0 Å². The molecule has 0 fully saturated rings. The average molecular weight is 186 g/mol. The molecule has 0 aromatic heterocycles. The first-order chi connectivity index (χ1) is 6.97. The third-order valence-corrected chi connectivity index (χ3v) is 1.64. The van der Waals surface area contributed by atoms with E-state index in [-0.39, 0.29) is 0 Å². The van der Waals surface area contributed by atoms with Gasteiger partial charge in [0.1, 0.15) is 0 Å². The van der Waals surface area contributed by atoms with Crippen molar-refractivity contribution >= 4 is 12.4 Å². The lowest BCUT2D eigenvalue weighted by atomic mass is 10.4. The van der Waals surface area contributed by atoms with Crippen LogP contribution < -0.4 is 0 Å². The van der Waals surface area contributed by atoms with Crippen LogP contribution in [-0.4, -0.2) is 22.7 Å². The number of nitrogens with zero attached hydrogens (tertiary/aromatic N) is 4. The van der Waals surface area contributed by atoms with Crippen molar-refractivity contribution in [3.05, 3.63) is 48.9 Å². The summed E-state index contributed by atoms with van der Waals surface area (Å²) in [6.45, 7) is 0. The van der Waals surface area contributed by atoms with Gasteiger partial charge in [-0.1, -0.05) is 24.3 Å². The molecule has 0 bridgehead atoms. The van der Waals surface area contributed by atoms with E-state index in [2.05, 4.69) is 10.2 Å². The van der Waals surface area contributed by atoms with E-state index in [0.29, 0.717) is 0 Å². The normalized spacial score (nSPS) is 28.0. The minimum Gasteiger partial charge on any atom is -0.159 e. The minimum absolute atomic E-state index is 1.64. The molecule has 0 aromatic rings. The summed E-state index contributed by atoms with van der Waals surface area (Å²) in [7, 11) is 0. The van der Waals surface area contributed by atoms with Gasteiger partial charge < -0.3 is 0 Å². The molecule has 4 nitrogen and oxygen atoms in total. The van der Waals surface area contributed by atoms with Crippen LogP contribution in [0.1, 0.15) is 0 Å². The summed E-state index contributed by atoms with van der Waals surface area (Å²) in [5.74, 6) is 0. The van der Waals surface area contributed by atoms with Gasteiger partial charge in [-0.05, 0) is 12.2 Å². The molecule has 14 heavy (non-hydrogen) atoms. The molecule has 0 saturated carbocycles. The third kappa shape index (κ3) is 1.98. The van der Waals surface area contributed by atoms with Crippen molar-refractivity contribution in [3.8, 4) is 0 Å². The first-order valence-corrected chi connectivity index (χ1v) is 4.30. The molecule has 0 unspecified atom stereocenters. The fraction of sp³-hybridized carbons (Fsp3) is 0. The lowest BCUT2D eigenvalue weighted by molar-refractivity contribution is 0.0834. The van der Waals surface area contributed by atoms with Gasteiger partial charge in [-0.2, -0.15) is 20.4 Å². The summed E-state index contributed by atoms with van der Waals surface area (Å²) >= 11 is 0. The van der Waals surface area contributed by atoms with Crippen LogP contribution in [-0.2, 0) is 0 Å². The zero-order chi connectivity index (χ0) is 9.64. The highest BCUT2D eigenvalue weighted by molar-refractivity contribution is 6.16. The van der Waals surface area contributed by atoms with E-state index in [0.717, 1.165) is 0 Å². The fourth-order valence-corrected chi connectivity index (χ4v) is 1.03. The first-order valence-electron chi connectivity index (χ1n) is 4.30. The SMILES string of the molecule is C1=NN2\C=C/C=C\C=C\C=C/N2N=C1. The van der Waals surface area contributed by atoms with Gasteiger partial charge in [0.05, 0.1) is 12.4 Å². The molecule has 0 saturated heterocycles. The highest BCUT2D eigenvalue weighted by Gasteiger charge is 2.05. The number of hydrazine groups is 1. The number of hydrogen-bond acceptors (Lipinski definition) is 4. The molecule has 2 aliphatic heterocycles. The topological polar surface area (TPSA) is 31.2 Å². The molecule has 70 valence electrons. The lowest BCUT2D eigenvalue weighted by Crippen LogP contribution is -2.28. The standard InChI is InChI=1S/C10H10N4/c1-2-4-6-10-14-12-8-7-11-13(14)9-5-3-1/h1-10H/b3-1-,4-2+,9-5-,10-6-. The first kappa shape index (κ1) is 8.50. The van der Waals surface area contributed by atoms with Crippen molar-refractivity contribution in [2.75, 3.05) is 0 Å². The third-order valence-electron chi connectivity index (χ3n) is 1.64. The molecule has 2 heterocycles. The van der Waals surface area contributed by atoms with E-state index in [1.807, 2.05) is 48.9 Å². The Bertz CT molecular complexity index is 324. The zero-order valence-corrected chi connectivity index (χ0v) is 7.56. The molecular weight excluding hydrogens is 176 g/mol. The molecular formula is C10H10N4. The number of allylic oxidation sites excluding steroid dienone is 6. The van der Waals surface area contributed by atoms with Gasteiger partial charge in [-0.3, -0.25) is 0 Å². The summed E-state index contributed by atoms with van der Waals surface area (Å²) in [6.07, 6.45) is 18.5. The van der Waals surface area contributed by atoms with Crippen molar-refractivity contribution in [2.45, 2.75) is 0 Å². The quantitative estimate of drug-likeness (QED) is 0.576. The van der Waals surface area contributed by atoms with Crippen LogP contribution in [0.25, 0.3) is 0 Å². The molecule has 0 amide bonds. The van der Waals surface area contributed by atoms with E-state index >= 15 is 0 Å². The molecule has 0 N–H and O–H groups in total. The van der Waals surface area contributed by atoms with Crippen LogP contribution in [0.15, 0.2) is 59.1 Å². The van der Waals surface area contributed by atoms with Crippen molar-refractivity contribution in [2.24, 2.45) is 10.2 Å². The van der Waals surface area contributed by atoms with Crippen LogP contribution in [0, 0.1) is 0 Å². The lowest BCUT2D eigenvalue weighted by Gasteiger charge is -2.25. The van der Waals surface area contributed by atoms with Gasteiger partial charge in [-0.25, -0.2) is 0 Å². The monoisotopic (exact) mass is 186 g/mol. The Morgan fingerprint density at radius 1 is 0.571 bits per heavy atom. The van der Waals surface area contributed by atoms with Crippen molar-refractivity contribution < 1.29 is 0 Å². The average Bonchev–Trinajstić information content (AvgIpc) is 2.25. The number of hydrogen-bond donors (Lipinski definition) is 0. The van der Waals surface area contributed by atoms with Gasteiger partial charge in [0.25, 0.3) is 0 Å².